The Bertz CT molecular complexity index is 1140. The Morgan fingerprint density at radius 1 is 1.20 bits per heavy atom. The summed E-state index contributed by atoms with van der Waals surface area (Å²) in [6.07, 6.45) is 7.97. The third kappa shape index (κ3) is 3.99. The summed E-state index contributed by atoms with van der Waals surface area (Å²) in [6.45, 7) is 3.55. The summed E-state index contributed by atoms with van der Waals surface area (Å²) >= 11 is 3.31. The molecule has 30 heavy (non-hydrogen) atoms. The highest BCUT2D eigenvalue weighted by molar-refractivity contribution is 7.18. The van der Waals surface area contributed by atoms with Crippen LogP contribution < -0.4 is 5.56 Å². The van der Waals surface area contributed by atoms with Crippen LogP contribution in [0.4, 0.5) is 0 Å². The first-order valence-electron chi connectivity index (χ1n) is 10.4. The zero-order valence-corrected chi connectivity index (χ0v) is 18.4. The van der Waals surface area contributed by atoms with Gasteiger partial charge >= 0.3 is 0 Å². The number of aryl methyl sites for hydroxylation is 2. The molecule has 1 fully saturated rings. The first-order valence-corrected chi connectivity index (χ1v) is 12.1. The molecule has 3 aromatic heterocycles. The number of amides is 1. The van der Waals surface area contributed by atoms with Crippen molar-refractivity contribution in [1.29, 1.82) is 0 Å². The predicted molar refractivity (Wildman–Crippen MR) is 122 cm³/mol. The molecule has 1 N–H and O–H groups in total. The molecular formula is C22H24N4O2S2. The summed E-state index contributed by atoms with van der Waals surface area (Å²) in [6, 6.07) is 3.98. The molecule has 0 unspecified atom stereocenters. The molecule has 0 atom stereocenters. The minimum atomic E-state index is 0.00179. The second-order valence-electron chi connectivity index (χ2n) is 7.85. The number of carbonyl (C=O) groups excluding carboxylic acids is 1. The van der Waals surface area contributed by atoms with Crippen LogP contribution in [0.5, 0.6) is 0 Å². The number of hydrogen-bond acceptors (Lipinski definition) is 6. The van der Waals surface area contributed by atoms with E-state index >= 15 is 0 Å². The maximum Gasteiger partial charge on any atom is 0.259 e. The summed E-state index contributed by atoms with van der Waals surface area (Å²) in [5.41, 5.74) is 1.23. The van der Waals surface area contributed by atoms with E-state index in [0.29, 0.717) is 19.6 Å². The molecule has 2 aliphatic rings. The van der Waals surface area contributed by atoms with E-state index in [1.165, 1.54) is 16.9 Å². The average Bonchev–Trinajstić information content (AvgIpc) is 3.40. The van der Waals surface area contributed by atoms with Gasteiger partial charge in [0.1, 0.15) is 10.7 Å². The lowest BCUT2D eigenvalue weighted by Crippen LogP contribution is -2.48. The summed E-state index contributed by atoms with van der Waals surface area (Å²) in [5, 5.41) is 2.82. The minimum Gasteiger partial charge on any atom is -0.337 e. The number of thiophene rings is 2. The summed E-state index contributed by atoms with van der Waals surface area (Å²) < 4.78 is 0. The van der Waals surface area contributed by atoms with Gasteiger partial charge in [-0.1, -0.05) is 6.07 Å². The van der Waals surface area contributed by atoms with E-state index in [4.69, 9.17) is 4.98 Å². The van der Waals surface area contributed by atoms with Gasteiger partial charge in [0.15, 0.2) is 0 Å². The molecule has 0 radical (unpaired) electrons. The van der Waals surface area contributed by atoms with E-state index < -0.39 is 0 Å². The number of rotatable bonds is 4. The number of nitrogens with one attached hydrogen (secondary N) is 1. The first kappa shape index (κ1) is 19.7. The van der Waals surface area contributed by atoms with Crippen LogP contribution in [0.3, 0.4) is 0 Å². The molecule has 5 rings (SSSR count). The van der Waals surface area contributed by atoms with Crippen molar-refractivity contribution in [2.75, 3.05) is 26.2 Å². The summed E-state index contributed by atoms with van der Waals surface area (Å²) in [4.78, 5) is 40.4. The van der Waals surface area contributed by atoms with Gasteiger partial charge in [0.05, 0.1) is 11.9 Å². The van der Waals surface area contributed by atoms with Gasteiger partial charge in [0.2, 0.25) is 5.91 Å². The molecule has 1 aliphatic heterocycles. The molecule has 1 aliphatic carbocycles. The number of aromatic amines is 1. The highest BCUT2D eigenvalue weighted by Gasteiger charge is 2.22. The largest absolute Gasteiger partial charge is 0.337 e. The maximum atomic E-state index is 12.7. The number of H-pyrrole nitrogens is 1. The van der Waals surface area contributed by atoms with E-state index in [-0.39, 0.29) is 11.5 Å². The van der Waals surface area contributed by atoms with Crippen LogP contribution in [0.2, 0.25) is 0 Å². The molecule has 0 bridgehead atoms. The van der Waals surface area contributed by atoms with Crippen molar-refractivity contribution in [2.45, 2.75) is 32.2 Å². The molecule has 3 aromatic rings. The quantitative estimate of drug-likeness (QED) is 0.632. The van der Waals surface area contributed by atoms with Crippen LogP contribution in [0.25, 0.3) is 16.3 Å². The minimum absolute atomic E-state index is 0.00179. The lowest BCUT2D eigenvalue weighted by atomic mass is 9.97. The van der Waals surface area contributed by atoms with Crippen molar-refractivity contribution in [3.05, 3.63) is 55.1 Å². The van der Waals surface area contributed by atoms with Crippen molar-refractivity contribution in [3.63, 3.8) is 0 Å². The zero-order chi connectivity index (χ0) is 20.5. The van der Waals surface area contributed by atoms with Gasteiger partial charge in [-0.2, -0.15) is 0 Å². The molecule has 8 heteroatoms. The van der Waals surface area contributed by atoms with E-state index in [9.17, 15) is 9.59 Å². The number of aromatic nitrogens is 2. The Kier molecular flexibility index (Phi) is 5.54. The number of carbonyl (C=O) groups is 1. The van der Waals surface area contributed by atoms with Crippen molar-refractivity contribution in [3.8, 4) is 0 Å². The summed E-state index contributed by atoms with van der Waals surface area (Å²) in [7, 11) is 0. The Hall–Kier alpha value is -2.29. The molecule has 0 aromatic carbocycles. The van der Waals surface area contributed by atoms with Crippen molar-refractivity contribution in [1.82, 2.24) is 19.8 Å². The fraction of sp³-hybridized carbons (Fsp3) is 0.409. The van der Waals surface area contributed by atoms with Crippen LogP contribution in [0.1, 0.15) is 34.0 Å². The van der Waals surface area contributed by atoms with Crippen molar-refractivity contribution in [2.24, 2.45) is 0 Å². The third-order valence-electron chi connectivity index (χ3n) is 5.86. The fourth-order valence-electron chi connectivity index (χ4n) is 4.27. The summed E-state index contributed by atoms with van der Waals surface area (Å²) in [5.74, 6) is 0.781. The Labute approximate surface area is 182 Å². The standard InChI is InChI=1S/C22H24N4O2S2/c27-19(8-7-15-4-3-13-29-15)26-11-9-25(10-12-26)14-18-23-21(28)20-16-5-1-2-6-17(16)30-22(20)24-18/h3-4,7-8,13H,1-2,5-6,9-12,14H2,(H,23,24,28). The van der Waals surface area contributed by atoms with Gasteiger partial charge in [0.25, 0.3) is 5.56 Å². The van der Waals surface area contributed by atoms with Gasteiger partial charge in [0, 0.05) is 42.0 Å². The van der Waals surface area contributed by atoms with Gasteiger partial charge < -0.3 is 9.88 Å². The Balaban J connectivity index is 1.23. The topological polar surface area (TPSA) is 69.3 Å². The van der Waals surface area contributed by atoms with Crippen LogP contribution in [-0.4, -0.2) is 51.9 Å². The van der Waals surface area contributed by atoms with Crippen LogP contribution in [-0.2, 0) is 24.2 Å². The van der Waals surface area contributed by atoms with Gasteiger partial charge in [-0.15, -0.1) is 22.7 Å². The van der Waals surface area contributed by atoms with E-state index in [2.05, 4.69) is 9.88 Å². The molecule has 4 heterocycles. The van der Waals surface area contributed by atoms with Crippen LogP contribution >= 0.6 is 22.7 Å². The second kappa shape index (κ2) is 8.45. The predicted octanol–water partition coefficient (Wildman–Crippen LogP) is 3.28. The first-order chi connectivity index (χ1) is 14.7. The lowest BCUT2D eigenvalue weighted by molar-refractivity contribution is -0.127. The molecule has 156 valence electrons. The monoisotopic (exact) mass is 440 g/mol. The molecule has 0 spiro atoms. The number of nitrogens with zero attached hydrogens (tertiary/aromatic N) is 3. The Morgan fingerprint density at radius 3 is 2.83 bits per heavy atom. The van der Waals surface area contributed by atoms with E-state index in [0.717, 1.165) is 53.3 Å². The highest BCUT2D eigenvalue weighted by Crippen LogP contribution is 2.33. The van der Waals surface area contributed by atoms with Crippen LogP contribution in [0.15, 0.2) is 28.4 Å². The van der Waals surface area contributed by atoms with Crippen molar-refractivity contribution < 1.29 is 4.79 Å². The lowest BCUT2D eigenvalue weighted by Gasteiger charge is -2.33. The fourth-order valence-corrected chi connectivity index (χ4v) is 6.17. The van der Waals surface area contributed by atoms with Gasteiger partial charge in [-0.3, -0.25) is 14.5 Å². The molecule has 1 amide bonds. The molecule has 0 saturated carbocycles. The maximum absolute atomic E-state index is 12.7. The SMILES string of the molecule is O=C(C=Cc1cccs1)N1CCN(Cc2nc3sc4c(c3c(=O)[nH]2)CCCC4)CC1. The second-order valence-corrected chi connectivity index (χ2v) is 9.92. The zero-order valence-electron chi connectivity index (χ0n) is 16.7. The van der Waals surface area contributed by atoms with Gasteiger partial charge in [-0.05, 0) is 48.8 Å². The third-order valence-corrected chi connectivity index (χ3v) is 7.89. The Morgan fingerprint density at radius 2 is 2.03 bits per heavy atom. The number of piperazine rings is 1. The highest BCUT2D eigenvalue weighted by atomic mass is 32.1. The molecule has 1 saturated heterocycles. The molecular weight excluding hydrogens is 416 g/mol. The van der Waals surface area contributed by atoms with E-state index in [1.54, 1.807) is 28.7 Å². The molecule has 6 nitrogen and oxygen atoms in total. The normalized spacial score (nSPS) is 17.7. The van der Waals surface area contributed by atoms with E-state index in [1.807, 2.05) is 28.5 Å². The number of fused-ring (bicyclic) bond motifs is 3. The smallest absolute Gasteiger partial charge is 0.259 e. The van der Waals surface area contributed by atoms with Crippen molar-refractivity contribution >= 4 is 44.9 Å². The van der Waals surface area contributed by atoms with Crippen LogP contribution in [0, 0.1) is 0 Å². The van der Waals surface area contributed by atoms with Gasteiger partial charge in [-0.25, -0.2) is 4.98 Å². The average molecular weight is 441 g/mol. The number of hydrogen-bond donors (Lipinski definition) is 1.